The van der Waals surface area contributed by atoms with Crippen LogP contribution >= 0.6 is 0 Å². The fourth-order valence-electron chi connectivity index (χ4n) is 2.90. The number of ether oxygens (including phenoxy) is 1. The SMILES string of the molecule is CC1COCCN1C(=O)c1ccc(Nc2cc(B(O)O)cn(C)c2=O)nc1. The van der Waals surface area contributed by atoms with E-state index in [0.29, 0.717) is 31.1 Å². The first-order valence-corrected chi connectivity index (χ1v) is 8.55. The zero-order valence-corrected chi connectivity index (χ0v) is 15.1. The van der Waals surface area contributed by atoms with Gasteiger partial charge in [-0.25, -0.2) is 4.98 Å². The van der Waals surface area contributed by atoms with Gasteiger partial charge in [-0.1, -0.05) is 0 Å². The van der Waals surface area contributed by atoms with Gasteiger partial charge in [-0.15, -0.1) is 0 Å². The number of anilines is 2. The number of hydrogen-bond donors (Lipinski definition) is 3. The van der Waals surface area contributed by atoms with E-state index < -0.39 is 7.12 Å². The first kappa shape index (κ1) is 19.1. The van der Waals surface area contributed by atoms with Gasteiger partial charge in [0.2, 0.25) is 0 Å². The molecule has 2 aromatic rings. The maximum Gasteiger partial charge on any atom is 0.490 e. The van der Waals surface area contributed by atoms with Gasteiger partial charge in [0.05, 0.1) is 24.8 Å². The van der Waals surface area contributed by atoms with E-state index in [9.17, 15) is 19.6 Å². The van der Waals surface area contributed by atoms with Crippen molar-refractivity contribution in [3.63, 3.8) is 0 Å². The highest BCUT2D eigenvalue weighted by molar-refractivity contribution is 6.58. The minimum absolute atomic E-state index is 0.000257. The summed E-state index contributed by atoms with van der Waals surface area (Å²) < 4.78 is 6.59. The summed E-state index contributed by atoms with van der Waals surface area (Å²) in [4.78, 5) is 30.7. The number of morpholine rings is 1. The Hall–Kier alpha value is -2.69. The Morgan fingerprint density at radius 3 is 2.81 bits per heavy atom. The number of rotatable bonds is 4. The standard InChI is InChI=1S/C17H21BN4O5/c1-11-10-27-6-5-22(11)16(23)12-3-4-15(19-8-12)20-14-7-13(18(25)26)9-21(2)17(14)24/h3-4,7-9,11,25-26H,5-6,10H2,1-2H3,(H,19,20). The first-order chi connectivity index (χ1) is 12.9. The van der Waals surface area contributed by atoms with Crippen LogP contribution in [0.4, 0.5) is 11.5 Å². The van der Waals surface area contributed by atoms with Crippen molar-refractivity contribution in [3.8, 4) is 0 Å². The molecule has 0 spiro atoms. The van der Waals surface area contributed by atoms with E-state index >= 15 is 0 Å². The van der Waals surface area contributed by atoms with E-state index in [2.05, 4.69) is 10.3 Å². The molecule has 142 valence electrons. The lowest BCUT2D eigenvalue weighted by Gasteiger charge is -2.33. The van der Waals surface area contributed by atoms with Gasteiger partial charge in [0.1, 0.15) is 11.5 Å². The van der Waals surface area contributed by atoms with Crippen molar-refractivity contribution in [2.75, 3.05) is 25.1 Å². The van der Waals surface area contributed by atoms with Crippen molar-refractivity contribution in [3.05, 3.63) is 46.5 Å². The second-order valence-electron chi connectivity index (χ2n) is 6.46. The van der Waals surface area contributed by atoms with Gasteiger partial charge in [-0.2, -0.15) is 0 Å². The zero-order valence-electron chi connectivity index (χ0n) is 15.1. The molecule has 10 heteroatoms. The van der Waals surface area contributed by atoms with Crippen molar-refractivity contribution in [2.24, 2.45) is 7.05 Å². The van der Waals surface area contributed by atoms with Crippen molar-refractivity contribution < 1.29 is 19.6 Å². The highest BCUT2D eigenvalue weighted by Crippen LogP contribution is 2.15. The van der Waals surface area contributed by atoms with Crippen molar-refractivity contribution in [2.45, 2.75) is 13.0 Å². The van der Waals surface area contributed by atoms with Crippen LogP contribution in [0.1, 0.15) is 17.3 Å². The number of pyridine rings is 2. The second-order valence-corrected chi connectivity index (χ2v) is 6.46. The smallest absolute Gasteiger partial charge is 0.423 e. The summed E-state index contributed by atoms with van der Waals surface area (Å²) in [6.07, 6.45) is 2.79. The van der Waals surface area contributed by atoms with Crippen LogP contribution < -0.4 is 16.3 Å². The highest BCUT2D eigenvalue weighted by atomic mass is 16.5. The third-order valence-electron chi connectivity index (χ3n) is 4.40. The molecule has 2 aromatic heterocycles. The van der Waals surface area contributed by atoms with Gasteiger partial charge < -0.3 is 29.6 Å². The molecule has 27 heavy (non-hydrogen) atoms. The molecule has 3 heterocycles. The second kappa shape index (κ2) is 7.91. The zero-order chi connectivity index (χ0) is 19.6. The average molecular weight is 372 g/mol. The number of nitrogens with zero attached hydrogens (tertiary/aromatic N) is 3. The molecule has 1 amide bonds. The lowest BCUT2D eigenvalue weighted by molar-refractivity contribution is 0.00357. The lowest BCUT2D eigenvalue weighted by atomic mass is 9.81. The van der Waals surface area contributed by atoms with E-state index in [1.165, 1.54) is 30.1 Å². The van der Waals surface area contributed by atoms with E-state index in [1.807, 2.05) is 6.92 Å². The Morgan fingerprint density at radius 2 is 2.19 bits per heavy atom. The van der Waals surface area contributed by atoms with Crippen LogP contribution in [0.15, 0.2) is 35.4 Å². The van der Waals surface area contributed by atoms with Crippen LogP contribution in [0.5, 0.6) is 0 Å². The van der Waals surface area contributed by atoms with Crippen LogP contribution in [0, 0.1) is 0 Å². The van der Waals surface area contributed by atoms with E-state index in [0.717, 1.165) is 0 Å². The fraction of sp³-hybridized carbons (Fsp3) is 0.353. The molecule has 0 bridgehead atoms. The Bertz CT molecular complexity index is 884. The normalized spacial score (nSPS) is 16.9. The van der Waals surface area contributed by atoms with Crippen molar-refractivity contribution >= 4 is 30.0 Å². The van der Waals surface area contributed by atoms with E-state index in [1.54, 1.807) is 17.0 Å². The first-order valence-electron chi connectivity index (χ1n) is 8.55. The van der Waals surface area contributed by atoms with Crippen LogP contribution in [0.2, 0.25) is 0 Å². The number of amides is 1. The van der Waals surface area contributed by atoms with E-state index in [4.69, 9.17) is 4.74 Å². The highest BCUT2D eigenvalue weighted by Gasteiger charge is 2.25. The largest absolute Gasteiger partial charge is 0.490 e. The maximum atomic E-state index is 12.6. The molecule has 1 unspecified atom stereocenters. The van der Waals surface area contributed by atoms with Crippen LogP contribution in [-0.4, -0.2) is 63.3 Å². The monoisotopic (exact) mass is 372 g/mol. The lowest BCUT2D eigenvalue weighted by Crippen LogP contribution is -2.47. The molecule has 0 aromatic carbocycles. The van der Waals surface area contributed by atoms with Gasteiger partial charge in [0.25, 0.3) is 11.5 Å². The van der Waals surface area contributed by atoms with Gasteiger partial charge in [0.15, 0.2) is 0 Å². The number of hydrogen-bond acceptors (Lipinski definition) is 7. The molecule has 1 fully saturated rings. The minimum atomic E-state index is -1.69. The topological polar surface area (TPSA) is 117 Å². The Balaban J connectivity index is 1.78. The summed E-state index contributed by atoms with van der Waals surface area (Å²) in [5.41, 5.74) is 0.425. The Kier molecular flexibility index (Phi) is 5.59. The molecular weight excluding hydrogens is 351 g/mol. The van der Waals surface area contributed by atoms with E-state index in [-0.39, 0.29) is 28.7 Å². The van der Waals surface area contributed by atoms with Crippen LogP contribution in [0.3, 0.4) is 0 Å². The van der Waals surface area contributed by atoms with Gasteiger partial charge in [-0.3, -0.25) is 9.59 Å². The summed E-state index contributed by atoms with van der Waals surface area (Å²) >= 11 is 0. The third kappa shape index (κ3) is 4.18. The third-order valence-corrected chi connectivity index (χ3v) is 4.40. The molecule has 0 aliphatic carbocycles. The van der Waals surface area contributed by atoms with Gasteiger partial charge in [-0.05, 0) is 25.1 Å². The molecule has 0 saturated carbocycles. The minimum Gasteiger partial charge on any atom is -0.423 e. The molecule has 1 atom stereocenters. The maximum absolute atomic E-state index is 12.6. The molecule has 1 aliphatic heterocycles. The number of carbonyl (C=O) groups excluding carboxylic acids is 1. The molecule has 9 nitrogen and oxygen atoms in total. The molecule has 0 radical (unpaired) electrons. The van der Waals surface area contributed by atoms with Gasteiger partial charge >= 0.3 is 7.12 Å². The predicted molar refractivity (Wildman–Crippen MR) is 100 cm³/mol. The number of nitrogens with one attached hydrogen (secondary N) is 1. The van der Waals surface area contributed by atoms with Crippen molar-refractivity contribution in [1.29, 1.82) is 0 Å². The molecule has 1 aliphatic rings. The summed E-state index contributed by atoms with van der Waals surface area (Å²) in [6.45, 7) is 3.49. The van der Waals surface area contributed by atoms with Gasteiger partial charge in [0, 0.05) is 31.4 Å². The molecule has 3 N–H and O–H groups in total. The Labute approximate surface area is 156 Å². The number of carbonyl (C=O) groups is 1. The molecule has 1 saturated heterocycles. The quantitative estimate of drug-likeness (QED) is 0.594. The number of aromatic nitrogens is 2. The summed E-state index contributed by atoms with van der Waals surface area (Å²) in [5.74, 6) is 0.245. The fourth-order valence-corrected chi connectivity index (χ4v) is 2.90. The Morgan fingerprint density at radius 1 is 1.41 bits per heavy atom. The van der Waals surface area contributed by atoms with Crippen molar-refractivity contribution in [1.82, 2.24) is 14.5 Å². The average Bonchev–Trinajstić information content (AvgIpc) is 2.65. The van der Waals surface area contributed by atoms with Crippen LogP contribution in [-0.2, 0) is 11.8 Å². The molecular formula is C17H21BN4O5. The molecule has 3 rings (SSSR count). The summed E-state index contributed by atoms with van der Waals surface area (Å²) in [7, 11) is -0.182. The number of aryl methyl sites for hydroxylation is 1. The summed E-state index contributed by atoms with van der Waals surface area (Å²) in [5, 5.41) is 21.5. The predicted octanol–water partition coefficient (Wildman–Crippen LogP) is -0.935. The summed E-state index contributed by atoms with van der Waals surface area (Å²) in [6, 6.07) is 4.58. The van der Waals surface area contributed by atoms with Crippen LogP contribution in [0.25, 0.3) is 0 Å².